The van der Waals surface area contributed by atoms with Crippen LogP contribution in [0.5, 0.6) is 0 Å². The number of amides is 3. The molecule has 1 saturated heterocycles. The number of aryl methyl sites for hydroxylation is 1. The highest BCUT2D eigenvalue weighted by molar-refractivity contribution is 5.97. The fraction of sp³-hybridized carbons (Fsp3) is 0.345. The number of carbonyl (C=O) groups is 2. The third-order valence-corrected chi connectivity index (χ3v) is 7.53. The lowest BCUT2D eigenvalue weighted by molar-refractivity contribution is -0.118. The maximum Gasteiger partial charge on any atom is 0.318 e. The lowest BCUT2D eigenvalue weighted by Gasteiger charge is -2.43. The van der Waals surface area contributed by atoms with E-state index in [0.717, 1.165) is 34.5 Å². The SMILES string of the molecule is Cc1cccc(NC(=O)[C@H](Cc2ccccc2)NC(=O)N2CC3CC(C2)c2cccc(=O)n2C3)c1C. The fourth-order valence-corrected chi connectivity index (χ4v) is 5.47. The first kappa shape index (κ1) is 23.9. The number of nitrogens with zero attached hydrogens (tertiary/aromatic N) is 2. The van der Waals surface area contributed by atoms with Gasteiger partial charge in [-0.15, -0.1) is 0 Å². The van der Waals surface area contributed by atoms with E-state index in [4.69, 9.17) is 0 Å². The van der Waals surface area contributed by atoms with E-state index in [1.165, 1.54) is 0 Å². The average molecular weight is 485 g/mol. The predicted octanol–water partition coefficient (Wildman–Crippen LogP) is 3.84. The molecule has 7 heteroatoms. The third-order valence-electron chi connectivity index (χ3n) is 7.53. The van der Waals surface area contributed by atoms with E-state index in [9.17, 15) is 14.4 Å². The molecule has 1 aromatic heterocycles. The van der Waals surface area contributed by atoms with Crippen LogP contribution in [0.3, 0.4) is 0 Å². The van der Waals surface area contributed by atoms with Crippen LogP contribution in [0.2, 0.25) is 0 Å². The minimum atomic E-state index is -0.725. The maximum absolute atomic E-state index is 13.5. The number of benzene rings is 2. The molecule has 3 amide bonds. The minimum Gasteiger partial charge on any atom is -0.326 e. The molecule has 2 unspecified atom stereocenters. The second-order valence-corrected chi connectivity index (χ2v) is 10.0. The van der Waals surface area contributed by atoms with Gasteiger partial charge in [-0.3, -0.25) is 9.59 Å². The first-order valence-corrected chi connectivity index (χ1v) is 12.5. The summed E-state index contributed by atoms with van der Waals surface area (Å²) in [6.07, 6.45) is 1.36. The zero-order chi connectivity index (χ0) is 25.2. The molecular weight excluding hydrogens is 452 g/mol. The summed E-state index contributed by atoms with van der Waals surface area (Å²) in [5.74, 6) is 0.0990. The van der Waals surface area contributed by atoms with Gasteiger partial charge in [-0.25, -0.2) is 4.79 Å². The summed E-state index contributed by atoms with van der Waals surface area (Å²) in [5, 5.41) is 6.05. The Hall–Kier alpha value is -3.87. The van der Waals surface area contributed by atoms with Crippen LogP contribution in [0, 0.1) is 19.8 Å². The van der Waals surface area contributed by atoms with Crippen molar-refractivity contribution in [3.05, 3.63) is 99.5 Å². The van der Waals surface area contributed by atoms with Gasteiger partial charge < -0.3 is 20.1 Å². The lowest BCUT2D eigenvalue weighted by Crippen LogP contribution is -2.55. The topological polar surface area (TPSA) is 83.4 Å². The summed E-state index contributed by atoms with van der Waals surface area (Å²) < 4.78 is 1.85. The Morgan fingerprint density at radius 2 is 1.72 bits per heavy atom. The number of urea groups is 1. The van der Waals surface area contributed by atoms with E-state index >= 15 is 0 Å². The monoisotopic (exact) mass is 484 g/mol. The van der Waals surface area contributed by atoms with E-state index in [1.54, 1.807) is 12.1 Å². The Morgan fingerprint density at radius 3 is 2.53 bits per heavy atom. The van der Waals surface area contributed by atoms with E-state index in [1.807, 2.05) is 77.9 Å². The summed E-state index contributed by atoms with van der Waals surface area (Å²) >= 11 is 0. The smallest absolute Gasteiger partial charge is 0.318 e. The average Bonchev–Trinajstić information content (AvgIpc) is 2.87. The number of nitrogens with one attached hydrogen (secondary N) is 2. The molecule has 3 heterocycles. The summed E-state index contributed by atoms with van der Waals surface area (Å²) in [4.78, 5) is 41.0. The zero-order valence-corrected chi connectivity index (χ0v) is 20.7. The molecule has 2 aliphatic heterocycles. The number of aromatic nitrogens is 1. The normalized spacial score (nSPS) is 19.2. The molecule has 5 rings (SSSR count). The van der Waals surface area contributed by atoms with Gasteiger partial charge in [0, 0.05) is 49.4 Å². The van der Waals surface area contributed by atoms with Gasteiger partial charge in [-0.2, -0.15) is 0 Å². The van der Waals surface area contributed by atoms with E-state index in [-0.39, 0.29) is 29.3 Å². The van der Waals surface area contributed by atoms with Crippen molar-refractivity contribution < 1.29 is 9.59 Å². The van der Waals surface area contributed by atoms with Crippen molar-refractivity contribution in [1.82, 2.24) is 14.8 Å². The first-order valence-electron chi connectivity index (χ1n) is 12.5. The van der Waals surface area contributed by atoms with E-state index in [0.29, 0.717) is 26.1 Å². The largest absolute Gasteiger partial charge is 0.326 e. The van der Waals surface area contributed by atoms with Crippen LogP contribution in [-0.2, 0) is 17.8 Å². The molecule has 1 fully saturated rings. The van der Waals surface area contributed by atoms with Crippen molar-refractivity contribution in [2.75, 3.05) is 18.4 Å². The Morgan fingerprint density at radius 1 is 0.944 bits per heavy atom. The van der Waals surface area contributed by atoms with E-state index < -0.39 is 6.04 Å². The van der Waals surface area contributed by atoms with Gasteiger partial charge in [0.2, 0.25) is 5.91 Å². The summed E-state index contributed by atoms with van der Waals surface area (Å²) in [6.45, 7) is 5.71. The number of likely N-dealkylation sites (tertiary alicyclic amines) is 1. The molecule has 0 spiro atoms. The van der Waals surface area contributed by atoms with Crippen LogP contribution in [0.4, 0.5) is 10.5 Å². The molecular formula is C29H32N4O3. The number of hydrogen-bond acceptors (Lipinski definition) is 3. The third kappa shape index (κ3) is 4.91. The van der Waals surface area contributed by atoms with Gasteiger partial charge in [0.05, 0.1) is 0 Å². The quantitative estimate of drug-likeness (QED) is 0.577. The van der Waals surface area contributed by atoms with Gasteiger partial charge >= 0.3 is 6.03 Å². The molecule has 36 heavy (non-hydrogen) atoms. The van der Waals surface area contributed by atoms with Crippen LogP contribution in [-0.4, -0.2) is 40.5 Å². The predicted molar refractivity (Wildman–Crippen MR) is 140 cm³/mol. The fourth-order valence-electron chi connectivity index (χ4n) is 5.47. The summed E-state index contributed by atoms with van der Waals surface area (Å²) in [7, 11) is 0. The second kappa shape index (κ2) is 10.0. The Kier molecular flexibility index (Phi) is 6.63. The molecule has 2 aliphatic rings. The standard InChI is InChI=1S/C29H32N4O3/c1-19-8-6-11-24(20(19)2)30-28(35)25(15-21-9-4-3-5-10-21)31-29(36)32-16-22-14-23(18-32)26-12-7-13-27(34)33(26)17-22/h3-13,22-23,25H,14-18H2,1-2H3,(H,30,35)(H,31,36)/t22?,23?,25-/m0/s1. The zero-order valence-electron chi connectivity index (χ0n) is 20.7. The van der Waals surface area contributed by atoms with Crippen molar-refractivity contribution in [2.45, 2.75) is 45.2 Å². The minimum absolute atomic E-state index is 0.0196. The maximum atomic E-state index is 13.5. The summed E-state index contributed by atoms with van der Waals surface area (Å²) in [5.41, 5.74) is 4.84. The second-order valence-electron chi connectivity index (χ2n) is 10.0. The molecule has 2 N–H and O–H groups in total. The number of carbonyl (C=O) groups excluding carboxylic acids is 2. The van der Waals surface area contributed by atoms with Crippen molar-refractivity contribution in [2.24, 2.45) is 5.92 Å². The molecule has 186 valence electrons. The molecule has 0 radical (unpaired) electrons. The molecule has 0 saturated carbocycles. The Bertz CT molecular complexity index is 1330. The number of fused-ring (bicyclic) bond motifs is 4. The van der Waals surface area contributed by atoms with Crippen LogP contribution in [0.1, 0.15) is 34.7 Å². The highest BCUT2D eigenvalue weighted by Crippen LogP contribution is 2.35. The first-order chi connectivity index (χ1) is 17.4. The van der Waals surface area contributed by atoms with Crippen LogP contribution in [0.25, 0.3) is 0 Å². The van der Waals surface area contributed by atoms with Crippen molar-refractivity contribution >= 4 is 17.6 Å². The van der Waals surface area contributed by atoms with Gasteiger partial charge in [0.1, 0.15) is 6.04 Å². The molecule has 3 atom stereocenters. The molecule has 2 aromatic carbocycles. The van der Waals surface area contributed by atoms with Crippen molar-refractivity contribution in [3.63, 3.8) is 0 Å². The van der Waals surface area contributed by atoms with Gasteiger partial charge in [0.25, 0.3) is 5.56 Å². The summed E-state index contributed by atoms with van der Waals surface area (Å²) in [6, 6.07) is 19.9. The number of rotatable bonds is 5. The number of anilines is 1. The molecule has 3 aromatic rings. The van der Waals surface area contributed by atoms with E-state index in [2.05, 4.69) is 10.6 Å². The Labute approximate surface area is 211 Å². The Balaban J connectivity index is 1.34. The highest BCUT2D eigenvalue weighted by atomic mass is 16.2. The van der Waals surface area contributed by atoms with Gasteiger partial charge in [-0.05, 0) is 55.0 Å². The number of hydrogen-bond donors (Lipinski definition) is 2. The van der Waals surface area contributed by atoms with Crippen molar-refractivity contribution in [1.29, 1.82) is 0 Å². The van der Waals surface area contributed by atoms with Crippen LogP contribution in [0.15, 0.2) is 71.5 Å². The number of piperidine rings is 1. The van der Waals surface area contributed by atoms with Crippen LogP contribution >= 0.6 is 0 Å². The molecule has 0 aliphatic carbocycles. The van der Waals surface area contributed by atoms with Crippen molar-refractivity contribution in [3.8, 4) is 0 Å². The molecule has 2 bridgehead atoms. The molecule has 7 nitrogen and oxygen atoms in total. The van der Waals surface area contributed by atoms with Crippen LogP contribution < -0.4 is 16.2 Å². The van der Waals surface area contributed by atoms with Gasteiger partial charge in [-0.1, -0.05) is 48.5 Å². The highest BCUT2D eigenvalue weighted by Gasteiger charge is 2.37. The van der Waals surface area contributed by atoms with Gasteiger partial charge in [0.15, 0.2) is 0 Å². The number of pyridine rings is 1. The lowest BCUT2D eigenvalue weighted by atomic mass is 9.83.